The van der Waals surface area contributed by atoms with Crippen LogP contribution in [0.5, 0.6) is 11.5 Å². The third kappa shape index (κ3) is 3.88. The smallest absolute Gasteiger partial charge is 0.251 e. The molecule has 0 aromatic heterocycles. The Morgan fingerprint density at radius 2 is 1.81 bits per heavy atom. The largest absolute Gasteiger partial charge is 0.497 e. The maximum atomic E-state index is 12.2. The van der Waals surface area contributed by atoms with Gasteiger partial charge < -0.3 is 19.9 Å². The van der Waals surface area contributed by atoms with E-state index in [0.717, 1.165) is 19.3 Å². The van der Waals surface area contributed by atoms with Crippen molar-refractivity contribution in [3.8, 4) is 11.5 Å². The van der Waals surface area contributed by atoms with E-state index in [1.807, 2.05) is 0 Å². The van der Waals surface area contributed by atoms with E-state index >= 15 is 0 Å². The van der Waals surface area contributed by atoms with Crippen molar-refractivity contribution >= 4 is 5.91 Å². The van der Waals surface area contributed by atoms with Gasteiger partial charge in [0.25, 0.3) is 5.91 Å². The van der Waals surface area contributed by atoms with Crippen molar-refractivity contribution in [2.75, 3.05) is 27.4 Å². The molecule has 2 unspecified atom stereocenters. The predicted molar refractivity (Wildman–Crippen MR) is 79.8 cm³/mol. The number of aliphatic hydroxyl groups is 1. The van der Waals surface area contributed by atoms with E-state index in [9.17, 15) is 9.90 Å². The van der Waals surface area contributed by atoms with E-state index in [-0.39, 0.29) is 12.5 Å². The lowest BCUT2D eigenvalue weighted by atomic mass is 9.97. The van der Waals surface area contributed by atoms with Crippen LogP contribution in [0.3, 0.4) is 0 Å². The summed E-state index contributed by atoms with van der Waals surface area (Å²) in [6.07, 6.45) is 3.23. The standard InChI is InChI=1S/C16H23NO4/c1-20-14-6-13(7-15(8-14)21-2)16(19)17-9-11-4-3-5-12(11)10-18/h6-8,11-12,18H,3-5,9-10H2,1-2H3,(H,17,19). The Kier molecular flexibility index (Phi) is 5.44. The summed E-state index contributed by atoms with van der Waals surface area (Å²) in [5.74, 6) is 1.72. The third-order valence-corrected chi connectivity index (χ3v) is 4.19. The molecule has 0 radical (unpaired) electrons. The van der Waals surface area contributed by atoms with Crippen molar-refractivity contribution in [2.45, 2.75) is 19.3 Å². The van der Waals surface area contributed by atoms with Crippen LogP contribution in [0, 0.1) is 11.8 Å². The first-order valence-corrected chi connectivity index (χ1v) is 7.30. The molecule has 1 saturated carbocycles. The molecule has 1 aliphatic rings. The number of hydrogen-bond acceptors (Lipinski definition) is 4. The van der Waals surface area contributed by atoms with Crippen LogP contribution in [0.2, 0.25) is 0 Å². The molecule has 0 saturated heterocycles. The Morgan fingerprint density at radius 1 is 1.19 bits per heavy atom. The average molecular weight is 293 g/mol. The van der Waals surface area contributed by atoms with Gasteiger partial charge in [0.1, 0.15) is 11.5 Å². The third-order valence-electron chi connectivity index (χ3n) is 4.19. The molecule has 1 aliphatic carbocycles. The number of carbonyl (C=O) groups excluding carboxylic acids is 1. The van der Waals surface area contributed by atoms with Gasteiger partial charge in [-0.3, -0.25) is 4.79 Å². The van der Waals surface area contributed by atoms with Crippen LogP contribution in [-0.4, -0.2) is 38.4 Å². The summed E-state index contributed by atoms with van der Waals surface area (Å²) < 4.78 is 10.3. The molecule has 1 amide bonds. The minimum Gasteiger partial charge on any atom is -0.497 e. The molecule has 0 spiro atoms. The fourth-order valence-electron chi connectivity index (χ4n) is 2.89. The van der Waals surface area contributed by atoms with Gasteiger partial charge in [0.05, 0.1) is 14.2 Å². The Labute approximate surface area is 125 Å². The number of nitrogens with one attached hydrogen (secondary N) is 1. The molecule has 1 aromatic rings. The first-order valence-electron chi connectivity index (χ1n) is 7.30. The summed E-state index contributed by atoms with van der Waals surface area (Å²) in [5.41, 5.74) is 0.518. The van der Waals surface area contributed by atoms with Gasteiger partial charge in [-0.1, -0.05) is 6.42 Å². The number of hydrogen-bond donors (Lipinski definition) is 2. The zero-order valence-electron chi connectivity index (χ0n) is 12.6. The van der Waals surface area contributed by atoms with Crippen molar-refractivity contribution in [1.82, 2.24) is 5.32 Å². The highest BCUT2D eigenvalue weighted by molar-refractivity contribution is 5.95. The molecule has 1 aromatic carbocycles. The zero-order chi connectivity index (χ0) is 15.2. The first-order chi connectivity index (χ1) is 10.2. The van der Waals surface area contributed by atoms with Crippen molar-refractivity contribution < 1.29 is 19.4 Å². The molecule has 1 fully saturated rings. The molecule has 0 bridgehead atoms. The Hall–Kier alpha value is -1.75. The fourth-order valence-corrected chi connectivity index (χ4v) is 2.89. The Balaban J connectivity index is 1.99. The molecule has 21 heavy (non-hydrogen) atoms. The van der Waals surface area contributed by atoms with Crippen LogP contribution in [0.15, 0.2) is 18.2 Å². The molecular formula is C16H23NO4. The number of benzene rings is 1. The first kappa shape index (κ1) is 15.6. The Morgan fingerprint density at radius 3 is 2.38 bits per heavy atom. The van der Waals surface area contributed by atoms with Crippen LogP contribution in [0.1, 0.15) is 29.6 Å². The summed E-state index contributed by atoms with van der Waals surface area (Å²) in [6.45, 7) is 0.803. The number of amides is 1. The second kappa shape index (κ2) is 7.31. The van der Waals surface area contributed by atoms with Crippen molar-refractivity contribution in [2.24, 2.45) is 11.8 Å². The van der Waals surface area contributed by atoms with Crippen LogP contribution >= 0.6 is 0 Å². The number of aliphatic hydroxyl groups excluding tert-OH is 1. The number of methoxy groups -OCH3 is 2. The van der Waals surface area contributed by atoms with Gasteiger partial charge in [-0.05, 0) is 36.8 Å². The molecular weight excluding hydrogens is 270 g/mol. The summed E-state index contributed by atoms with van der Waals surface area (Å²) in [5, 5.41) is 12.3. The molecule has 2 N–H and O–H groups in total. The second-order valence-corrected chi connectivity index (χ2v) is 5.45. The molecule has 0 aliphatic heterocycles. The quantitative estimate of drug-likeness (QED) is 0.840. The maximum absolute atomic E-state index is 12.2. The highest BCUT2D eigenvalue weighted by Crippen LogP contribution is 2.30. The maximum Gasteiger partial charge on any atom is 0.251 e. The summed E-state index contributed by atoms with van der Waals surface area (Å²) in [7, 11) is 3.11. The SMILES string of the molecule is COc1cc(OC)cc(C(=O)NCC2CCCC2CO)c1. The zero-order valence-corrected chi connectivity index (χ0v) is 12.6. The number of rotatable bonds is 6. The lowest BCUT2D eigenvalue weighted by Gasteiger charge is -2.18. The molecule has 0 heterocycles. The summed E-state index contributed by atoms with van der Waals surface area (Å²) in [4.78, 5) is 12.2. The van der Waals surface area contributed by atoms with E-state index in [1.54, 1.807) is 32.4 Å². The average Bonchev–Trinajstić information content (AvgIpc) is 2.99. The second-order valence-electron chi connectivity index (χ2n) is 5.45. The van der Waals surface area contributed by atoms with Gasteiger partial charge in [0.2, 0.25) is 0 Å². The van der Waals surface area contributed by atoms with Gasteiger partial charge >= 0.3 is 0 Å². The summed E-state index contributed by atoms with van der Waals surface area (Å²) in [6, 6.07) is 5.11. The van der Waals surface area contributed by atoms with Crippen LogP contribution in [0.25, 0.3) is 0 Å². The van der Waals surface area contributed by atoms with Crippen LogP contribution in [-0.2, 0) is 0 Å². The van der Waals surface area contributed by atoms with Crippen LogP contribution < -0.4 is 14.8 Å². The molecule has 2 rings (SSSR count). The normalized spacial score (nSPS) is 21.1. The highest BCUT2D eigenvalue weighted by Gasteiger charge is 2.26. The van der Waals surface area contributed by atoms with Crippen molar-refractivity contribution in [1.29, 1.82) is 0 Å². The highest BCUT2D eigenvalue weighted by atomic mass is 16.5. The van der Waals surface area contributed by atoms with Gasteiger partial charge in [0, 0.05) is 24.8 Å². The topological polar surface area (TPSA) is 67.8 Å². The van der Waals surface area contributed by atoms with Gasteiger partial charge in [-0.2, -0.15) is 0 Å². The number of carbonyl (C=O) groups is 1. The lowest BCUT2D eigenvalue weighted by Crippen LogP contribution is -2.31. The fraction of sp³-hybridized carbons (Fsp3) is 0.562. The molecule has 5 nitrogen and oxygen atoms in total. The van der Waals surface area contributed by atoms with Gasteiger partial charge in [0.15, 0.2) is 0 Å². The lowest BCUT2D eigenvalue weighted by molar-refractivity contribution is 0.0937. The van der Waals surface area contributed by atoms with Crippen molar-refractivity contribution in [3.05, 3.63) is 23.8 Å². The van der Waals surface area contributed by atoms with E-state index in [4.69, 9.17) is 9.47 Å². The predicted octanol–water partition coefficient (Wildman–Crippen LogP) is 1.84. The van der Waals surface area contributed by atoms with Crippen LogP contribution in [0.4, 0.5) is 0 Å². The molecule has 116 valence electrons. The van der Waals surface area contributed by atoms with E-state index < -0.39 is 0 Å². The monoisotopic (exact) mass is 293 g/mol. The van der Waals surface area contributed by atoms with E-state index in [2.05, 4.69) is 5.32 Å². The van der Waals surface area contributed by atoms with E-state index in [0.29, 0.717) is 35.4 Å². The van der Waals surface area contributed by atoms with Gasteiger partial charge in [-0.25, -0.2) is 0 Å². The molecule has 2 atom stereocenters. The van der Waals surface area contributed by atoms with E-state index in [1.165, 1.54) is 0 Å². The summed E-state index contributed by atoms with van der Waals surface area (Å²) >= 11 is 0. The van der Waals surface area contributed by atoms with Crippen molar-refractivity contribution in [3.63, 3.8) is 0 Å². The Bertz CT molecular complexity index is 467. The minimum atomic E-state index is -0.143. The van der Waals surface area contributed by atoms with Gasteiger partial charge in [-0.15, -0.1) is 0 Å². The molecule has 5 heteroatoms. The number of ether oxygens (including phenoxy) is 2. The minimum absolute atomic E-state index is 0.143.